The van der Waals surface area contributed by atoms with Gasteiger partial charge in [-0.05, 0) is 57.7 Å². The summed E-state index contributed by atoms with van der Waals surface area (Å²) in [5.74, 6) is -1.20. The number of nitrogens with zero attached hydrogens (tertiary/aromatic N) is 1. The standard InChI is InChI=1S/C22H35N5O6/c1-16(28)23-12-13-24-22(32)21(26-19(29)6-4-14-27(2)3)25-17-8-10-18(11-9-17)33-15-5-7-20(30)31/h8-11,21,25H,4-7,12-15H2,1-3H3,(H,23,28)(H,24,32)(H,26,29)(H,30,31). The average molecular weight is 466 g/mol. The van der Waals surface area contributed by atoms with Crippen LogP contribution in [0.5, 0.6) is 5.75 Å². The molecule has 0 heterocycles. The monoisotopic (exact) mass is 465 g/mol. The first-order chi connectivity index (χ1) is 15.7. The highest BCUT2D eigenvalue weighted by atomic mass is 16.5. The van der Waals surface area contributed by atoms with E-state index in [4.69, 9.17) is 9.84 Å². The summed E-state index contributed by atoms with van der Waals surface area (Å²) >= 11 is 0. The Hall–Kier alpha value is -3.34. The smallest absolute Gasteiger partial charge is 0.303 e. The Morgan fingerprint density at radius 2 is 1.67 bits per heavy atom. The van der Waals surface area contributed by atoms with Crippen LogP contribution in [0, 0.1) is 0 Å². The van der Waals surface area contributed by atoms with Gasteiger partial charge < -0.3 is 36.0 Å². The number of hydrogen-bond donors (Lipinski definition) is 5. The zero-order chi connectivity index (χ0) is 24.6. The summed E-state index contributed by atoms with van der Waals surface area (Å²) in [4.78, 5) is 48.4. The molecule has 184 valence electrons. The number of carboxylic acids is 1. The number of carbonyl (C=O) groups excluding carboxylic acids is 3. The van der Waals surface area contributed by atoms with Crippen LogP contribution in [-0.2, 0) is 19.2 Å². The largest absolute Gasteiger partial charge is 0.494 e. The molecule has 1 atom stereocenters. The highest BCUT2D eigenvalue weighted by Gasteiger charge is 2.20. The van der Waals surface area contributed by atoms with Crippen molar-refractivity contribution >= 4 is 29.4 Å². The van der Waals surface area contributed by atoms with Gasteiger partial charge in [0, 0.05) is 38.5 Å². The second-order valence-electron chi connectivity index (χ2n) is 7.70. The zero-order valence-electron chi connectivity index (χ0n) is 19.5. The predicted molar refractivity (Wildman–Crippen MR) is 124 cm³/mol. The van der Waals surface area contributed by atoms with Crippen molar-refractivity contribution in [2.24, 2.45) is 0 Å². The quantitative estimate of drug-likeness (QED) is 0.174. The lowest BCUT2D eigenvalue weighted by molar-refractivity contribution is -0.137. The Balaban J connectivity index is 2.67. The van der Waals surface area contributed by atoms with Crippen molar-refractivity contribution in [2.75, 3.05) is 45.7 Å². The molecular formula is C22H35N5O6. The van der Waals surface area contributed by atoms with Crippen LogP contribution in [-0.4, -0.2) is 80.2 Å². The number of aliphatic carboxylic acids is 1. The van der Waals surface area contributed by atoms with Gasteiger partial charge in [-0.15, -0.1) is 0 Å². The first kappa shape index (κ1) is 27.7. The molecule has 1 rings (SSSR count). The number of anilines is 1. The molecular weight excluding hydrogens is 430 g/mol. The van der Waals surface area contributed by atoms with Gasteiger partial charge >= 0.3 is 5.97 Å². The van der Waals surface area contributed by atoms with E-state index in [1.165, 1.54) is 6.92 Å². The van der Waals surface area contributed by atoms with Crippen molar-refractivity contribution in [3.05, 3.63) is 24.3 Å². The van der Waals surface area contributed by atoms with Crippen LogP contribution in [0.1, 0.15) is 32.6 Å². The summed E-state index contributed by atoms with van der Waals surface area (Å²) in [6.45, 7) is 2.91. The van der Waals surface area contributed by atoms with Crippen molar-refractivity contribution in [3.8, 4) is 5.75 Å². The molecule has 11 nitrogen and oxygen atoms in total. The predicted octanol–water partition coefficient (Wildman–Crippen LogP) is 0.379. The third-order valence-electron chi connectivity index (χ3n) is 4.34. The van der Waals surface area contributed by atoms with Gasteiger partial charge in [-0.2, -0.15) is 0 Å². The number of nitrogens with one attached hydrogen (secondary N) is 4. The fourth-order valence-electron chi connectivity index (χ4n) is 2.71. The first-order valence-corrected chi connectivity index (χ1v) is 10.8. The normalized spacial score (nSPS) is 11.4. The summed E-state index contributed by atoms with van der Waals surface area (Å²) < 4.78 is 5.50. The fraction of sp³-hybridized carbons (Fsp3) is 0.545. The maximum atomic E-state index is 12.6. The van der Waals surface area contributed by atoms with Crippen LogP contribution in [0.2, 0.25) is 0 Å². The Morgan fingerprint density at radius 3 is 2.27 bits per heavy atom. The summed E-state index contributed by atoms with van der Waals surface area (Å²) in [6.07, 6.45) is 0.363. The molecule has 0 spiro atoms. The molecule has 0 aliphatic rings. The molecule has 0 aromatic heterocycles. The molecule has 0 radical (unpaired) electrons. The van der Waals surface area contributed by atoms with Crippen molar-refractivity contribution in [3.63, 3.8) is 0 Å². The second kappa shape index (κ2) is 15.5. The van der Waals surface area contributed by atoms with E-state index in [9.17, 15) is 19.2 Å². The van der Waals surface area contributed by atoms with E-state index in [0.717, 1.165) is 6.54 Å². The molecule has 11 heteroatoms. The van der Waals surface area contributed by atoms with E-state index in [1.54, 1.807) is 24.3 Å². The molecule has 0 saturated heterocycles. The van der Waals surface area contributed by atoms with Gasteiger partial charge in [-0.25, -0.2) is 0 Å². The Bertz CT molecular complexity index is 769. The molecule has 0 fully saturated rings. The van der Waals surface area contributed by atoms with Gasteiger partial charge in [0.05, 0.1) is 6.61 Å². The molecule has 33 heavy (non-hydrogen) atoms. The van der Waals surface area contributed by atoms with Crippen LogP contribution in [0.15, 0.2) is 24.3 Å². The van der Waals surface area contributed by atoms with E-state index in [2.05, 4.69) is 21.3 Å². The SMILES string of the molecule is CC(=O)NCCNC(=O)C(NC(=O)CCCN(C)C)Nc1ccc(OCCCC(=O)O)cc1. The molecule has 3 amide bonds. The lowest BCUT2D eigenvalue weighted by atomic mass is 10.2. The van der Waals surface area contributed by atoms with Gasteiger partial charge in [-0.3, -0.25) is 19.2 Å². The van der Waals surface area contributed by atoms with E-state index in [1.807, 2.05) is 19.0 Å². The Morgan fingerprint density at radius 1 is 1.00 bits per heavy atom. The minimum absolute atomic E-state index is 0.0343. The van der Waals surface area contributed by atoms with E-state index >= 15 is 0 Å². The zero-order valence-corrected chi connectivity index (χ0v) is 19.5. The molecule has 1 aromatic carbocycles. The van der Waals surface area contributed by atoms with Crippen LogP contribution in [0.4, 0.5) is 5.69 Å². The number of ether oxygens (including phenoxy) is 1. The van der Waals surface area contributed by atoms with Gasteiger partial charge in [-0.1, -0.05) is 0 Å². The molecule has 1 unspecified atom stereocenters. The lowest BCUT2D eigenvalue weighted by Crippen LogP contribution is -2.52. The van der Waals surface area contributed by atoms with E-state index in [0.29, 0.717) is 24.3 Å². The van der Waals surface area contributed by atoms with Gasteiger partial charge in [0.15, 0.2) is 6.17 Å². The van der Waals surface area contributed by atoms with Crippen molar-refractivity contribution in [1.29, 1.82) is 0 Å². The third-order valence-corrected chi connectivity index (χ3v) is 4.34. The summed E-state index contributed by atoms with van der Waals surface area (Å²) in [5, 5.41) is 19.6. The highest BCUT2D eigenvalue weighted by molar-refractivity contribution is 5.89. The number of carboxylic acid groups (broad SMARTS) is 1. The topological polar surface area (TPSA) is 149 Å². The van der Waals surface area contributed by atoms with Crippen molar-refractivity contribution < 1.29 is 29.0 Å². The van der Waals surface area contributed by atoms with Crippen molar-refractivity contribution in [2.45, 2.75) is 38.8 Å². The highest BCUT2D eigenvalue weighted by Crippen LogP contribution is 2.16. The molecule has 0 saturated carbocycles. The third kappa shape index (κ3) is 13.6. The maximum absolute atomic E-state index is 12.6. The molecule has 5 N–H and O–H groups in total. The molecule has 0 aliphatic carbocycles. The van der Waals surface area contributed by atoms with Gasteiger partial charge in [0.2, 0.25) is 11.8 Å². The van der Waals surface area contributed by atoms with Crippen LogP contribution >= 0.6 is 0 Å². The number of hydrogen-bond acceptors (Lipinski definition) is 7. The Labute approximate surface area is 194 Å². The summed E-state index contributed by atoms with van der Waals surface area (Å²) in [7, 11) is 3.84. The van der Waals surface area contributed by atoms with E-state index in [-0.39, 0.29) is 44.4 Å². The van der Waals surface area contributed by atoms with E-state index < -0.39 is 18.0 Å². The number of benzene rings is 1. The van der Waals surface area contributed by atoms with Crippen LogP contribution in [0.25, 0.3) is 0 Å². The number of carbonyl (C=O) groups is 4. The van der Waals surface area contributed by atoms with Gasteiger partial charge in [0.25, 0.3) is 5.91 Å². The van der Waals surface area contributed by atoms with Crippen LogP contribution < -0.4 is 26.0 Å². The maximum Gasteiger partial charge on any atom is 0.303 e. The molecule has 0 bridgehead atoms. The molecule has 1 aromatic rings. The first-order valence-electron chi connectivity index (χ1n) is 10.8. The Kier molecular flexibility index (Phi) is 13.0. The fourth-order valence-corrected chi connectivity index (χ4v) is 2.71. The minimum Gasteiger partial charge on any atom is -0.494 e. The number of amides is 3. The summed E-state index contributed by atoms with van der Waals surface area (Å²) in [6, 6.07) is 6.77. The second-order valence-corrected chi connectivity index (χ2v) is 7.70. The minimum atomic E-state index is -1.00. The van der Waals surface area contributed by atoms with Crippen LogP contribution in [0.3, 0.4) is 0 Å². The lowest BCUT2D eigenvalue weighted by Gasteiger charge is -2.21. The van der Waals surface area contributed by atoms with Gasteiger partial charge in [0.1, 0.15) is 5.75 Å². The van der Waals surface area contributed by atoms with Crippen molar-refractivity contribution in [1.82, 2.24) is 20.9 Å². The average Bonchev–Trinajstić information content (AvgIpc) is 2.74. The molecule has 0 aliphatic heterocycles. The summed E-state index contributed by atoms with van der Waals surface area (Å²) in [5.41, 5.74) is 0.587. The number of rotatable bonds is 16.